The van der Waals surface area contributed by atoms with Crippen molar-refractivity contribution < 1.29 is 17.9 Å². The molecule has 1 aliphatic heterocycles. The molecular formula is C17H25ClF3NO. The number of ether oxygens (including phenoxy) is 1. The Morgan fingerprint density at radius 3 is 2.30 bits per heavy atom. The molecular weight excluding hydrogens is 327 g/mol. The number of alkyl halides is 3. The largest absolute Gasteiger partial charge is 0.417 e. The third kappa shape index (κ3) is 5.66. The highest BCUT2D eigenvalue weighted by Gasteiger charge is 2.34. The summed E-state index contributed by atoms with van der Waals surface area (Å²) in [6, 6.07) is 2.63. The third-order valence-corrected chi connectivity index (χ3v) is 4.24. The molecule has 0 atom stereocenters. The lowest BCUT2D eigenvalue weighted by atomic mass is 9.98. The van der Waals surface area contributed by atoms with Crippen LogP contribution in [0.4, 0.5) is 13.2 Å². The van der Waals surface area contributed by atoms with E-state index >= 15 is 0 Å². The van der Waals surface area contributed by atoms with Gasteiger partial charge in [-0.2, -0.15) is 13.2 Å². The van der Waals surface area contributed by atoms with E-state index in [4.69, 9.17) is 16.3 Å². The summed E-state index contributed by atoms with van der Waals surface area (Å²) < 4.78 is 44.1. The summed E-state index contributed by atoms with van der Waals surface area (Å²) in [6.07, 6.45) is -3.20. The van der Waals surface area contributed by atoms with Crippen LogP contribution in [0.5, 0.6) is 0 Å². The highest BCUT2D eigenvalue weighted by molar-refractivity contribution is 6.32. The number of halogens is 4. The van der Waals surface area contributed by atoms with Gasteiger partial charge < -0.3 is 4.74 Å². The zero-order valence-corrected chi connectivity index (χ0v) is 14.7. The summed E-state index contributed by atoms with van der Waals surface area (Å²) in [5.74, 6) is 0. The van der Waals surface area contributed by atoms with E-state index in [1.807, 2.05) is 20.8 Å². The van der Waals surface area contributed by atoms with E-state index in [2.05, 4.69) is 4.90 Å². The molecule has 2 rings (SSSR count). The minimum atomic E-state index is -4.41. The quantitative estimate of drug-likeness (QED) is 0.771. The van der Waals surface area contributed by atoms with Crippen LogP contribution >= 0.6 is 11.6 Å². The van der Waals surface area contributed by atoms with Gasteiger partial charge in [0.05, 0.1) is 23.8 Å². The van der Waals surface area contributed by atoms with Crippen LogP contribution in [-0.2, 0) is 23.8 Å². The number of morpholine rings is 1. The Kier molecular flexibility index (Phi) is 8.37. The molecule has 0 spiro atoms. The van der Waals surface area contributed by atoms with Crippen LogP contribution in [0.3, 0.4) is 0 Å². The summed E-state index contributed by atoms with van der Waals surface area (Å²) in [7, 11) is 0. The molecule has 1 heterocycles. The monoisotopic (exact) mass is 351 g/mol. The highest BCUT2D eigenvalue weighted by Crippen LogP contribution is 2.37. The molecule has 1 fully saturated rings. The van der Waals surface area contributed by atoms with Gasteiger partial charge in [-0.1, -0.05) is 38.4 Å². The molecule has 0 aliphatic carbocycles. The van der Waals surface area contributed by atoms with Gasteiger partial charge in [0, 0.05) is 19.6 Å². The van der Waals surface area contributed by atoms with E-state index in [0.717, 1.165) is 24.7 Å². The van der Waals surface area contributed by atoms with Gasteiger partial charge in [-0.05, 0) is 30.0 Å². The van der Waals surface area contributed by atoms with E-state index in [0.29, 0.717) is 38.2 Å². The van der Waals surface area contributed by atoms with E-state index < -0.39 is 11.7 Å². The van der Waals surface area contributed by atoms with Crippen molar-refractivity contribution in [1.29, 1.82) is 0 Å². The third-order valence-electron chi connectivity index (χ3n) is 3.81. The number of nitrogens with zero attached hydrogens (tertiary/aromatic N) is 1. The van der Waals surface area contributed by atoms with Crippen molar-refractivity contribution in [2.24, 2.45) is 0 Å². The molecule has 0 radical (unpaired) electrons. The summed E-state index contributed by atoms with van der Waals surface area (Å²) in [4.78, 5) is 2.19. The number of rotatable bonds is 4. The first-order valence-corrected chi connectivity index (χ1v) is 8.48. The molecule has 6 heteroatoms. The van der Waals surface area contributed by atoms with E-state index in [9.17, 15) is 13.2 Å². The fraction of sp³-hybridized carbons (Fsp3) is 0.647. The second-order valence-electron chi connectivity index (χ2n) is 5.12. The van der Waals surface area contributed by atoms with Gasteiger partial charge in [0.2, 0.25) is 0 Å². The molecule has 0 bridgehead atoms. The van der Waals surface area contributed by atoms with Crippen molar-refractivity contribution in [3.63, 3.8) is 0 Å². The van der Waals surface area contributed by atoms with Crippen LogP contribution in [0.1, 0.15) is 37.5 Å². The van der Waals surface area contributed by atoms with Gasteiger partial charge in [0.25, 0.3) is 0 Å². The van der Waals surface area contributed by atoms with Gasteiger partial charge in [-0.15, -0.1) is 0 Å². The maximum Gasteiger partial charge on any atom is 0.417 e. The van der Waals surface area contributed by atoms with Gasteiger partial charge in [-0.3, -0.25) is 4.90 Å². The zero-order chi connectivity index (χ0) is 17.5. The Balaban J connectivity index is 0.00000127. The molecule has 23 heavy (non-hydrogen) atoms. The molecule has 1 aromatic rings. The Hall–Kier alpha value is -0.780. The molecule has 0 saturated carbocycles. The van der Waals surface area contributed by atoms with Crippen molar-refractivity contribution in [3.8, 4) is 0 Å². The van der Waals surface area contributed by atoms with Crippen molar-refractivity contribution in [2.45, 2.75) is 39.8 Å². The Bertz CT molecular complexity index is 485. The number of hydrogen-bond acceptors (Lipinski definition) is 2. The minimum Gasteiger partial charge on any atom is -0.379 e. The molecule has 0 N–H and O–H groups in total. The highest BCUT2D eigenvalue weighted by atomic mass is 35.5. The summed E-state index contributed by atoms with van der Waals surface area (Å²) in [5.41, 5.74) is 0.778. The van der Waals surface area contributed by atoms with Crippen molar-refractivity contribution >= 4 is 11.6 Å². The summed E-state index contributed by atoms with van der Waals surface area (Å²) >= 11 is 6.03. The standard InChI is InChI=1S/C15H19ClF3NO.C2H6/c1-2-11-3-4-13(15(17,18)19)14(16)12(11)5-6-20-7-9-21-10-8-20;1-2/h3-4H,2,5-10H2,1H3;1-2H3. The second kappa shape index (κ2) is 9.50. The topological polar surface area (TPSA) is 12.5 Å². The van der Waals surface area contributed by atoms with Crippen LogP contribution in [0.2, 0.25) is 5.02 Å². The molecule has 0 aromatic heterocycles. The zero-order valence-electron chi connectivity index (χ0n) is 14.0. The van der Waals surface area contributed by atoms with Crippen LogP contribution < -0.4 is 0 Å². The van der Waals surface area contributed by atoms with Crippen LogP contribution in [-0.4, -0.2) is 37.7 Å². The predicted octanol–water partition coefficient (Wildman–Crippen LogP) is 4.82. The molecule has 1 aromatic carbocycles. The minimum absolute atomic E-state index is 0.143. The molecule has 1 saturated heterocycles. The van der Waals surface area contributed by atoms with Crippen molar-refractivity contribution in [2.75, 3.05) is 32.8 Å². The van der Waals surface area contributed by atoms with E-state index in [-0.39, 0.29) is 5.02 Å². The Morgan fingerprint density at radius 1 is 1.17 bits per heavy atom. The van der Waals surface area contributed by atoms with E-state index in [1.165, 1.54) is 0 Å². The van der Waals surface area contributed by atoms with E-state index in [1.54, 1.807) is 6.07 Å². The molecule has 0 unspecified atom stereocenters. The lowest BCUT2D eigenvalue weighted by Gasteiger charge is -2.27. The summed E-state index contributed by atoms with van der Waals surface area (Å²) in [5, 5.41) is -0.143. The second-order valence-corrected chi connectivity index (χ2v) is 5.50. The molecule has 0 amide bonds. The Labute approximate surface area is 141 Å². The molecule has 1 aliphatic rings. The van der Waals surface area contributed by atoms with Gasteiger partial charge in [0.1, 0.15) is 0 Å². The van der Waals surface area contributed by atoms with Crippen LogP contribution in [0, 0.1) is 0 Å². The first kappa shape index (κ1) is 20.3. The molecule has 2 nitrogen and oxygen atoms in total. The smallest absolute Gasteiger partial charge is 0.379 e. The maximum atomic E-state index is 12.9. The SMILES string of the molecule is CC.CCc1ccc(C(F)(F)F)c(Cl)c1CCN1CCOCC1. The van der Waals surface area contributed by atoms with Crippen LogP contribution in [0.25, 0.3) is 0 Å². The number of hydrogen-bond donors (Lipinski definition) is 0. The summed E-state index contributed by atoms with van der Waals surface area (Å²) in [6.45, 7) is 9.62. The fourth-order valence-electron chi connectivity index (χ4n) is 2.58. The number of aryl methyl sites for hydroxylation is 1. The van der Waals surface area contributed by atoms with Gasteiger partial charge in [-0.25, -0.2) is 0 Å². The first-order valence-electron chi connectivity index (χ1n) is 8.11. The van der Waals surface area contributed by atoms with Crippen molar-refractivity contribution in [3.05, 3.63) is 33.8 Å². The van der Waals surface area contributed by atoms with Gasteiger partial charge >= 0.3 is 6.18 Å². The van der Waals surface area contributed by atoms with Crippen LogP contribution in [0.15, 0.2) is 12.1 Å². The predicted molar refractivity (Wildman–Crippen MR) is 88.1 cm³/mol. The lowest BCUT2D eigenvalue weighted by molar-refractivity contribution is -0.137. The Morgan fingerprint density at radius 2 is 1.78 bits per heavy atom. The average molecular weight is 352 g/mol. The maximum absolute atomic E-state index is 12.9. The molecule has 132 valence electrons. The normalized spacial score (nSPS) is 16.0. The fourth-order valence-corrected chi connectivity index (χ4v) is 2.96. The number of benzene rings is 1. The lowest BCUT2D eigenvalue weighted by Crippen LogP contribution is -2.37. The van der Waals surface area contributed by atoms with Crippen molar-refractivity contribution in [1.82, 2.24) is 4.90 Å². The first-order chi connectivity index (χ1) is 10.9. The average Bonchev–Trinajstić information content (AvgIpc) is 2.55. The van der Waals surface area contributed by atoms with Gasteiger partial charge in [0.15, 0.2) is 0 Å².